The minimum absolute atomic E-state index is 0.00913. The molecule has 0 heterocycles. The standard InChI is InChI=1S/C26H28BrN3O3S/c1-2-3-4-7-15-33-23-14-13-20(27)17-22(23)25(32)28-26(34)30-29-24(31)16-19-11-8-10-18-9-5-6-12-21(18)19/h5-6,8-14,17H,2-4,7,15-16H2,1H3,(H,29,31)(H2,28,30,32,34). The molecule has 6 nitrogen and oxygen atoms in total. The van der Waals surface area contributed by atoms with Crippen LogP contribution in [0.25, 0.3) is 10.8 Å². The fourth-order valence-corrected chi connectivity index (χ4v) is 4.01. The number of carbonyl (C=O) groups excluding carboxylic acids is 2. The van der Waals surface area contributed by atoms with E-state index < -0.39 is 5.91 Å². The summed E-state index contributed by atoms with van der Waals surface area (Å²) in [5.74, 6) is -0.211. The predicted octanol–water partition coefficient (Wildman–Crippen LogP) is 5.44. The van der Waals surface area contributed by atoms with Crippen LogP contribution >= 0.6 is 28.1 Å². The zero-order valence-electron chi connectivity index (χ0n) is 19.0. The van der Waals surface area contributed by atoms with Gasteiger partial charge in [0.05, 0.1) is 18.6 Å². The van der Waals surface area contributed by atoms with Crippen molar-refractivity contribution in [2.45, 2.75) is 39.0 Å². The molecular formula is C26H28BrN3O3S. The lowest BCUT2D eigenvalue weighted by atomic mass is 10.0. The van der Waals surface area contributed by atoms with E-state index in [1.807, 2.05) is 48.5 Å². The Labute approximate surface area is 213 Å². The van der Waals surface area contributed by atoms with E-state index in [9.17, 15) is 9.59 Å². The molecule has 3 rings (SSSR count). The number of hydrogen-bond donors (Lipinski definition) is 3. The molecule has 0 saturated heterocycles. The third-order valence-electron chi connectivity index (χ3n) is 5.22. The molecule has 34 heavy (non-hydrogen) atoms. The van der Waals surface area contributed by atoms with E-state index >= 15 is 0 Å². The van der Waals surface area contributed by atoms with E-state index in [4.69, 9.17) is 17.0 Å². The lowest BCUT2D eigenvalue weighted by molar-refractivity contribution is -0.121. The molecule has 3 aromatic carbocycles. The Bertz CT molecular complexity index is 1160. The molecule has 0 saturated carbocycles. The minimum atomic E-state index is -0.425. The number of nitrogens with one attached hydrogen (secondary N) is 3. The summed E-state index contributed by atoms with van der Waals surface area (Å²) >= 11 is 8.58. The minimum Gasteiger partial charge on any atom is -0.493 e. The van der Waals surface area contributed by atoms with Crippen LogP contribution in [0.2, 0.25) is 0 Å². The second-order valence-corrected chi connectivity index (χ2v) is 9.15. The Morgan fingerprint density at radius 2 is 1.76 bits per heavy atom. The lowest BCUT2D eigenvalue weighted by Gasteiger charge is -2.14. The number of unbranched alkanes of at least 4 members (excludes halogenated alkanes) is 3. The lowest BCUT2D eigenvalue weighted by Crippen LogP contribution is -2.48. The van der Waals surface area contributed by atoms with Gasteiger partial charge in [-0.1, -0.05) is 84.6 Å². The molecule has 3 aromatic rings. The Kier molecular flexibility index (Phi) is 9.85. The predicted molar refractivity (Wildman–Crippen MR) is 143 cm³/mol. The summed E-state index contributed by atoms with van der Waals surface area (Å²) in [7, 11) is 0. The molecule has 0 aliphatic rings. The Hall–Kier alpha value is -2.97. The normalized spacial score (nSPS) is 10.5. The van der Waals surface area contributed by atoms with Crippen LogP contribution < -0.4 is 20.9 Å². The highest BCUT2D eigenvalue weighted by molar-refractivity contribution is 9.10. The molecule has 178 valence electrons. The summed E-state index contributed by atoms with van der Waals surface area (Å²) in [6.45, 7) is 2.69. The third kappa shape index (κ3) is 7.53. The second kappa shape index (κ2) is 13.1. The van der Waals surface area contributed by atoms with Gasteiger partial charge in [0.15, 0.2) is 5.11 Å². The summed E-state index contributed by atoms with van der Waals surface area (Å²) in [4.78, 5) is 25.2. The van der Waals surface area contributed by atoms with Gasteiger partial charge in [0, 0.05) is 4.47 Å². The molecule has 0 unspecified atom stereocenters. The maximum absolute atomic E-state index is 12.8. The van der Waals surface area contributed by atoms with E-state index in [0.717, 1.165) is 46.5 Å². The van der Waals surface area contributed by atoms with Gasteiger partial charge in [0.1, 0.15) is 5.75 Å². The van der Waals surface area contributed by atoms with E-state index in [0.29, 0.717) is 17.9 Å². The number of carbonyl (C=O) groups is 2. The van der Waals surface area contributed by atoms with Gasteiger partial charge in [-0.25, -0.2) is 0 Å². The van der Waals surface area contributed by atoms with Crippen LogP contribution in [0.5, 0.6) is 5.75 Å². The molecule has 0 aliphatic carbocycles. The van der Waals surface area contributed by atoms with Crippen molar-refractivity contribution >= 4 is 55.8 Å². The van der Waals surface area contributed by atoms with Crippen molar-refractivity contribution in [3.63, 3.8) is 0 Å². The Morgan fingerprint density at radius 1 is 0.971 bits per heavy atom. The van der Waals surface area contributed by atoms with Crippen molar-refractivity contribution in [2.24, 2.45) is 0 Å². The number of hydrogen-bond acceptors (Lipinski definition) is 4. The largest absolute Gasteiger partial charge is 0.493 e. The van der Waals surface area contributed by atoms with Gasteiger partial charge in [-0.2, -0.15) is 0 Å². The van der Waals surface area contributed by atoms with Gasteiger partial charge in [-0.05, 0) is 53.2 Å². The zero-order chi connectivity index (χ0) is 24.3. The molecule has 0 aromatic heterocycles. The molecule has 3 N–H and O–H groups in total. The van der Waals surface area contributed by atoms with E-state index in [2.05, 4.69) is 39.0 Å². The zero-order valence-corrected chi connectivity index (χ0v) is 21.4. The van der Waals surface area contributed by atoms with Crippen LogP contribution in [0, 0.1) is 0 Å². The van der Waals surface area contributed by atoms with Crippen molar-refractivity contribution in [3.05, 3.63) is 76.3 Å². The number of fused-ring (bicyclic) bond motifs is 1. The van der Waals surface area contributed by atoms with Crippen LogP contribution in [-0.4, -0.2) is 23.5 Å². The number of halogens is 1. The maximum Gasteiger partial charge on any atom is 0.261 e. The molecule has 0 atom stereocenters. The van der Waals surface area contributed by atoms with Crippen molar-refractivity contribution < 1.29 is 14.3 Å². The van der Waals surface area contributed by atoms with Gasteiger partial charge >= 0.3 is 0 Å². The Morgan fingerprint density at radius 3 is 2.59 bits per heavy atom. The number of hydrazine groups is 1. The second-order valence-electron chi connectivity index (χ2n) is 7.82. The van der Waals surface area contributed by atoms with Crippen molar-refractivity contribution in [1.82, 2.24) is 16.2 Å². The van der Waals surface area contributed by atoms with Gasteiger partial charge in [0.2, 0.25) is 5.91 Å². The molecule has 0 radical (unpaired) electrons. The SMILES string of the molecule is CCCCCCOc1ccc(Br)cc1C(=O)NC(=S)NNC(=O)Cc1cccc2ccccc12. The van der Waals surface area contributed by atoms with Crippen LogP contribution in [0.4, 0.5) is 0 Å². The van der Waals surface area contributed by atoms with E-state index in [1.165, 1.54) is 0 Å². The average Bonchev–Trinajstić information content (AvgIpc) is 2.83. The first-order valence-corrected chi connectivity index (χ1v) is 12.5. The van der Waals surface area contributed by atoms with Gasteiger partial charge in [-0.3, -0.25) is 25.8 Å². The highest BCUT2D eigenvalue weighted by Gasteiger charge is 2.15. The Balaban J connectivity index is 1.53. The number of ether oxygens (including phenoxy) is 1. The van der Waals surface area contributed by atoms with Crippen molar-refractivity contribution in [2.75, 3.05) is 6.61 Å². The first-order valence-electron chi connectivity index (χ1n) is 11.3. The van der Waals surface area contributed by atoms with Crippen molar-refractivity contribution in [1.29, 1.82) is 0 Å². The highest BCUT2D eigenvalue weighted by atomic mass is 79.9. The number of thiocarbonyl (C=S) groups is 1. The first-order chi connectivity index (χ1) is 16.5. The van der Waals surface area contributed by atoms with Crippen LogP contribution in [0.3, 0.4) is 0 Å². The van der Waals surface area contributed by atoms with Crippen LogP contribution in [-0.2, 0) is 11.2 Å². The van der Waals surface area contributed by atoms with Crippen molar-refractivity contribution in [3.8, 4) is 5.75 Å². The molecule has 0 fully saturated rings. The topological polar surface area (TPSA) is 79.5 Å². The van der Waals surface area contributed by atoms with E-state index in [-0.39, 0.29) is 17.4 Å². The van der Waals surface area contributed by atoms with Gasteiger partial charge in [0.25, 0.3) is 5.91 Å². The molecular weight excluding hydrogens is 514 g/mol. The fraction of sp³-hybridized carbons (Fsp3) is 0.269. The summed E-state index contributed by atoms with van der Waals surface area (Å²) in [5.41, 5.74) is 6.41. The van der Waals surface area contributed by atoms with Gasteiger partial charge < -0.3 is 4.74 Å². The molecule has 8 heteroatoms. The molecule has 0 bridgehead atoms. The smallest absolute Gasteiger partial charge is 0.261 e. The maximum atomic E-state index is 12.8. The van der Waals surface area contributed by atoms with E-state index in [1.54, 1.807) is 12.1 Å². The number of rotatable bonds is 9. The van der Waals surface area contributed by atoms with Crippen LogP contribution in [0.15, 0.2) is 65.1 Å². The average molecular weight is 542 g/mol. The first kappa shape index (κ1) is 25.6. The molecule has 2 amide bonds. The van der Waals surface area contributed by atoms with Gasteiger partial charge in [-0.15, -0.1) is 0 Å². The quantitative estimate of drug-likeness (QED) is 0.191. The fourth-order valence-electron chi connectivity index (χ4n) is 3.51. The summed E-state index contributed by atoms with van der Waals surface area (Å²) in [6, 6.07) is 19.0. The highest BCUT2D eigenvalue weighted by Crippen LogP contribution is 2.24. The summed E-state index contributed by atoms with van der Waals surface area (Å²) in [6.07, 6.45) is 4.49. The van der Waals surface area contributed by atoms with Crippen LogP contribution in [0.1, 0.15) is 48.5 Å². The summed E-state index contributed by atoms with van der Waals surface area (Å²) in [5, 5.41) is 4.67. The molecule has 0 aliphatic heterocycles. The molecule has 0 spiro atoms. The number of amides is 2. The number of benzene rings is 3. The third-order valence-corrected chi connectivity index (χ3v) is 5.91. The summed E-state index contributed by atoms with van der Waals surface area (Å²) < 4.78 is 6.57. The monoisotopic (exact) mass is 541 g/mol.